The second-order valence-corrected chi connectivity index (χ2v) is 5.71. The van der Waals surface area contributed by atoms with Gasteiger partial charge in [-0.05, 0) is 24.1 Å². The molecule has 0 unspecified atom stereocenters. The van der Waals surface area contributed by atoms with Crippen LogP contribution in [0, 0.1) is 0 Å². The second kappa shape index (κ2) is 12.9. The monoisotopic (exact) mass is 322 g/mol. The number of hydrogen-bond donors (Lipinski definition) is 2. The third-order valence-electron chi connectivity index (χ3n) is 3.65. The van der Waals surface area contributed by atoms with Crippen molar-refractivity contribution in [3.05, 3.63) is 29.8 Å². The summed E-state index contributed by atoms with van der Waals surface area (Å²) in [6.45, 7) is 3.01. The zero-order valence-corrected chi connectivity index (χ0v) is 14.2. The summed E-state index contributed by atoms with van der Waals surface area (Å²) in [7, 11) is 0. The summed E-state index contributed by atoms with van der Waals surface area (Å²) in [6, 6.07) is 7.45. The molecule has 5 nitrogen and oxygen atoms in total. The van der Waals surface area contributed by atoms with E-state index in [1.54, 1.807) is 12.1 Å². The van der Waals surface area contributed by atoms with Crippen molar-refractivity contribution in [1.29, 1.82) is 0 Å². The highest BCUT2D eigenvalue weighted by Crippen LogP contribution is 2.14. The van der Waals surface area contributed by atoms with E-state index in [1.165, 1.54) is 44.9 Å². The van der Waals surface area contributed by atoms with E-state index in [-0.39, 0.29) is 12.6 Å². The minimum Gasteiger partial charge on any atom is -0.465 e. The highest BCUT2D eigenvalue weighted by molar-refractivity contribution is 5.75. The highest BCUT2D eigenvalue weighted by Gasteiger charge is 1.98. The number of amidine groups is 1. The second-order valence-electron chi connectivity index (χ2n) is 5.71. The molecular weight excluding hydrogens is 292 g/mol. The van der Waals surface area contributed by atoms with Crippen LogP contribution >= 0.6 is 0 Å². The van der Waals surface area contributed by atoms with Crippen molar-refractivity contribution >= 4 is 11.7 Å². The smallest absolute Gasteiger partial charge is 0.287 e. The molecule has 1 aromatic carbocycles. The fourth-order valence-corrected chi connectivity index (χ4v) is 2.31. The Morgan fingerprint density at radius 1 is 1.00 bits per heavy atom. The van der Waals surface area contributed by atoms with Crippen molar-refractivity contribution in [2.75, 3.05) is 6.61 Å². The lowest BCUT2D eigenvalue weighted by atomic mass is 10.1. The minimum atomic E-state index is 0.161. The number of nitrogens with zero attached hydrogens (tertiary/aromatic N) is 1. The van der Waals surface area contributed by atoms with E-state index in [9.17, 15) is 0 Å². The quantitative estimate of drug-likeness (QED) is 0.191. The van der Waals surface area contributed by atoms with E-state index in [4.69, 9.17) is 15.7 Å². The summed E-state index contributed by atoms with van der Waals surface area (Å²) in [5.41, 5.74) is 7.35. The van der Waals surface area contributed by atoms with Crippen molar-refractivity contribution < 1.29 is 14.9 Å². The maximum Gasteiger partial charge on any atom is 0.287 e. The number of nitrogens with two attached hydrogens (primary N) is 1. The van der Waals surface area contributed by atoms with Gasteiger partial charge >= 0.3 is 0 Å². The molecule has 0 heterocycles. The molecule has 0 amide bonds. The summed E-state index contributed by atoms with van der Waals surface area (Å²) in [5, 5.41) is 8.38. The summed E-state index contributed by atoms with van der Waals surface area (Å²) in [4.78, 5) is 8.27. The molecule has 0 spiro atoms. The molecule has 130 valence electrons. The zero-order valence-electron chi connectivity index (χ0n) is 14.2. The van der Waals surface area contributed by atoms with Gasteiger partial charge in [0.15, 0.2) is 0 Å². The van der Waals surface area contributed by atoms with Crippen molar-refractivity contribution in [2.45, 2.75) is 64.9 Å². The number of benzene rings is 1. The molecule has 0 aliphatic heterocycles. The normalized spacial score (nSPS) is 11.7. The maximum atomic E-state index is 8.38. The first-order chi connectivity index (χ1) is 11.3. The van der Waals surface area contributed by atoms with Crippen LogP contribution < -0.4 is 5.73 Å². The minimum absolute atomic E-state index is 0.161. The fraction of sp³-hybridized carbons (Fsp3) is 0.611. The van der Waals surface area contributed by atoms with Crippen LogP contribution in [0.1, 0.15) is 63.9 Å². The average molecular weight is 322 g/mol. The molecule has 23 heavy (non-hydrogen) atoms. The Morgan fingerprint density at radius 2 is 1.61 bits per heavy atom. The molecule has 0 radical (unpaired) electrons. The molecule has 5 heteroatoms. The number of hydrogen-bond acceptors (Lipinski definition) is 4. The molecule has 0 bridgehead atoms. The third-order valence-corrected chi connectivity index (χ3v) is 3.65. The molecule has 0 atom stereocenters. The van der Waals surface area contributed by atoms with Crippen LogP contribution in [0.5, 0.6) is 0 Å². The molecule has 3 N–H and O–H groups in total. The molecule has 0 aliphatic rings. The Labute approximate surface area is 139 Å². The van der Waals surface area contributed by atoms with E-state index in [0.717, 1.165) is 17.7 Å². The molecule has 0 fully saturated rings. The molecule has 1 aromatic rings. The SMILES string of the molecule is CCCCCCCCCCOC(N)=Nc1ccc(COO)cc1. The van der Waals surface area contributed by atoms with Gasteiger partial charge in [0.2, 0.25) is 0 Å². The van der Waals surface area contributed by atoms with Gasteiger partial charge < -0.3 is 10.5 Å². The van der Waals surface area contributed by atoms with Gasteiger partial charge in [-0.3, -0.25) is 5.26 Å². The lowest BCUT2D eigenvalue weighted by molar-refractivity contribution is -0.253. The number of aliphatic imine (C=N–C) groups is 1. The van der Waals surface area contributed by atoms with E-state index in [1.807, 2.05) is 12.1 Å². The van der Waals surface area contributed by atoms with Gasteiger partial charge in [0.05, 0.1) is 12.3 Å². The van der Waals surface area contributed by atoms with E-state index < -0.39 is 0 Å². The topological polar surface area (TPSA) is 77.1 Å². The van der Waals surface area contributed by atoms with E-state index >= 15 is 0 Å². The van der Waals surface area contributed by atoms with Crippen LogP contribution in [0.3, 0.4) is 0 Å². The Morgan fingerprint density at radius 3 is 2.22 bits per heavy atom. The van der Waals surface area contributed by atoms with E-state index in [2.05, 4.69) is 16.8 Å². The van der Waals surface area contributed by atoms with Crippen LogP contribution in [0.25, 0.3) is 0 Å². The van der Waals surface area contributed by atoms with Crippen LogP contribution in [0.2, 0.25) is 0 Å². The standard InChI is InChI=1S/C18H30N2O3/c1-2-3-4-5-6-7-8-9-14-22-18(19)20-17-12-10-16(11-13-17)15-23-21/h10-13,21H,2-9,14-15H2,1H3,(H2,19,20). The predicted octanol–water partition coefficient (Wildman–Crippen LogP) is 4.78. The molecule has 0 saturated heterocycles. The van der Waals surface area contributed by atoms with Crippen LogP contribution in [-0.2, 0) is 16.2 Å². The molecular formula is C18H30N2O3. The lowest BCUT2D eigenvalue weighted by Crippen LogP contribution is -2.16. The Hall–Kier alpha value is -1.59. The van der Waals surface area contributed by atoms with Gasteiger partial charge in [-0.2, -0.15) is 4.99 Å². The van der Waals surface area contributed by atoms with Gasteiger partial charge in [0.25, 0.3) is 6.02 Å². The van der Waals surface area contributed by atoms with Gasteiger partial charge in [0, 0.05) is 0 Å². The van der Waals surface area contributed by atoms with Gasteiger partial charge in [-0.25, -0.2) is 4.89 Å². The predicted molar refractivity (Wildman–Crippen MR) is 93.7 cm³/mol. The first-order valence-corrected chi connectivity index (χ1v) is 8.58. The molecule has 0 aliphatic carbocycles. The van der Waals surface area contributed by atoms with Crippen molar-refractivity contribution in [2.24, 2.45) is 10.7 Å². The van der Waals surface area contributed by atoms with Gasteiger partial charge in [-0.15, -0.1) is 0 Å². The van der Waals surface area contributed by atoms with Crippen molar-refractivity contribution in [3.63, 3.8) is 0 Å². The van der Waals surface area contributed by atoms with Crippen LogP contribution in [0.4, 0.5) is 5.69 Å². The van der Waals surface area contributed by atoms with Crippen LogP contribution in [-0.4, -0.2) is 17.9 Å². The number of ether oxygens (including phenoxy) is 1. The number of rotatable bonds is 12. The lowest BCUT2D eigenvalue weighted by Gasteiger charge is -2.05. The first-order valence-electron chi connectivity index (χ1n) is 8.58. The molecule has 0 aromatic heterocycles. The zero-order chi connectivity index (χ0) is 16.8. The molecule has 0 saturated carbocycles. The van der Waals surface area contributed by atoms with Crippen molar-refractivity contribution in [3.8, 4) is 0 Å². The van der Waals surface area contributed by atoms with E-state index in [0.29, 0.717) is 6.61 Å². The third kappa shape index (κ3) is 9.92. The highest BCUT2D eigenvalue weighted by atomic mass is 17.1. The number of unbranched alkanes of at least 4 members (excludes halogenated alkanes) is 7. The summed E-state index contributed by atoms with van der Waals surface area (Å²) in [6.07, 6.45) is 10.1. The summed E-state index contributed by atoms with van der Waals surface area (Å²) in [5.74, 6) is 0. The van der Waals surface area contributed by atoms with Gasteiger partial charge in [-0.1, -0.05) is 64.0 Å². The fourth-order valence-electron chi connectivity index (χ4n) is 2.31. The van der Waals surface area contributed by atoms with Gasteiger partial charge in [0.1, 0.15) is 6.61 Å². The first kappa shape index (κ1) is 19.5. The van der Waals surface area contributed by atoms with Crippen molar-refractivity contribution in [1.82, 2.24) is 0 Å². The summed E-state index contributed by atoms with van der Waals surface area (Å²) < 4.78 is 5.43. The largest absolute Gasteiger partial charge is 0.465 e. The Bertz CT molecular complexity index is 432. The maximum absolute atomic E-state index is 8.38. The molecule has 1 rings (SSSR count). The average Bonchev–Trinajstić information content (AvgIpc) is 2.55. The summed E-state index contributed by atoms with van der Waals surface area (Å²) >= 11 is 0. The van der Waals surface area contributed by atoms with Crippen LogP contribution in [0.15, 0.2) is 29.3 Å². The Balaban J connectivity index is 2.12. The Kier molecular flexibility index (Phi) is 10.9.